The highest BCUT2D eigenvalue weighted by Crippen LogP contribution is 2.48. The van der Waals surface area contributed by atoms with Crippen LogP contribution in [-0.2, 0) is 28.2 Å². The number of aliphatic hydroxyl groups excluding tert-OH is 1. The van der Waals surface area contributed by atoms with Gasteiger partial charge in [-0.1, -0.05) is 32.0 Å². The van der Waals surface area contributed by atoms with E-state index in [1.165, 1.54) is 36.9 Å². The molecule has 0 radical (unpaired) electrons. The van der Waals surface area contributed by atoms with Gasteiger partial charge in [0.15, 0.2) is 29.4 Å². The van der Waals surface area contributed by atoms with E-state index in [9.17, 15) is 19.3 Å². The Labute approximate surface area is 259 Å². The normalized spacial score (nSPS) is 23.6. The molecule has 15 nitrogen and oxygen atoms in total. The Morgan fingerprint density at radius 3 is 2.49 bits per heavy atom. The van der Waals surface area contributed by atoms with Gasteiger partial charge in [-0.25, -0.2) is 13.9 Å². The van der Waals surface area contributed by atoms with Crippen LogP contribution in [0.2, 0.25) is 0 Å². The first-order valence-corrected chi connectivity index (χ1v) is 15.9. The molecule has 45 heavy (non-hydrogen) atoms. The summed E-state index contributed by atoms with van der Waals surface area (Å²) in [5.41, 5.74) is -1.37. The van der Waals surface area contributed by atoms with Gasteiger partial charge in [-0.15, -0.1) is 0 Å². The van der Waals surface area contributed by atoms with E-state index in [0.29, 0.717) is 0 Å². The summed E-state index contributed by atoms with van der Waals surface area (Å²) >= 11 is 0. The van der Waals surface area contributed by atoms with Gasteiger partial charge >= 0.3 is 13.7 Å². The Bertz CT molecular complexity index is 1560. The van der Waals surface area contributed by atoms with Gasteiger partial charge in [0.05, 0.1) is 19.0 Å². The van der Waals surface area contributed by atoms with Crippen molar-refractivity contribution in [3.63, 3.8) is 0 Å². The van der Waals surface area contributed by atoms with E-state index in [1.54, 1.807) is 52.9 Å². The fourth-order valence-corrected chi connectivity index (χ4v) is 5.95. The molecule has 1 amide bonds. The first kappa shape index (κ1) is 34.2. The van der Waals surface area contributed by atoms with Gasteiger partial charge in [-0.05, 0) is 39.8 Å². The van der Waals surface area contributed by atoms with Crippen molar-refractivity contribution in [2.75, 3.05) is 24.3 Å². The van der Waals surface area contributed by atoms with Crippen LogP contribution >= 0.6 is 7.75 Å². The number of imidazole rings is 1. The van der Waals surface area contributed by atoms with Gasteiger partial charge < -0.3 is 24.4 Å². The molecule has 0 saturated carbocycles. The number of halogens is 1. The number of amides is 1. The van der Waals surface area contributed by atoms with Crippen molar-refractivity contribution in [2.24, 2.45) is 5.92 Å². The summed E-state index contributed by atoms with van der Waals surface area (Å²) in [5.74, 6) is -0.975. The fourth-order valence-electron chi connectivity index (χ4n) is 4.37. The van der Waals surface area contributed by atoms with Crippen LogP contribution in [-0.4, -0.2) is 80.2 Å². The number of benzene rings is 1. The summed E-state index contributed by atoms with van der Waals surface area (Å²) in [4.78, 5) is 37.7. The zero-order valence-electron chi connectivity index (χ0n) is 26.1. The number of nitrogens with one attached hydrogen (secondary N) is 3. The number of hydrogen-bond donors (Lipinski definition) is 4. The summed E-state index contributed by atoms with van der Waals surface area (Å²) in [6, 6.07) is 6.98. The Kier molecular flexibility index (Phi) is 10.4. The highest BCUT2D eigenvalue weighted by molar-refractivity contribution is 7.52. The van der Waals surface area contributed by atoms with Gasteiger partial charge in [0.25, 0.3) is 0 Å². The number of aliphatic hydroxyl groups is 1. The van der Waals surface area contributed by atoms with E-state index in [4.69, 9.17) is 18.5 Å². The van der Waals surface area contributed by atoms with Crippen LogP contribution in [0.4, 0.5) is 16.2 Å². The van der Waals surface area contributed by atoms with Crippen molar-refractivity contribution >= 4 is 42.6 Å². The highest BCUT2D eigenvalue weighted by atomic mass is 31.2. The summed E-state index contributed by atoms with van der Waals surface area (Å²) < 4.78 is 53.5. The van der Waals surface area contributed by atoms with Crippen LogP contribution in [0.25, 0.3) is 11.2 Å². The van der Waals surface area contributed by atoms with E-state index < -0.39 is 56.6 Å². The summed E-state index contributed by atoms with van der Waals surface area (Å²) in [5, 5.41) is 19.0. The summed E-state index contributed by atoms with van der Waals surface area (Å²) in [6.07, 6.45) is -4.38. The number of rotatable bonds is 13. The molecule has 6 atom stereocenters. The highest BCUT2D eigenvalue weighted by Gasteiger charge is 2.55. The second-order valence-corrected chi connectivity index (χ2v) is 13.0. The van der Waals surface area contributed by atoms with Gasteiger partial charge in [0.2, 0.25) is 11.9 Å². The third-order valence-electron chi connectivity index (χ3n) is 6.83. The Balaban J connectivity index is 1.60. The molecule has 0 aliphatic carbocycles. The molecule has 1 aliphatic rings. The number of fused-ring (bicyclic) bond motifs is 1. The molecule has 1 aliphatic heterocycles. The molecule has 1 saturated heterocycles. The second kappa shape index (κ2) is 13.7. The van der Waals surface area contributed by atoms with E-state index in [-0.39, 0.29) is 40.5 Å². The number of anilines is 2. The lowest BCUT2D eigenvalue weighted by Crippen LogP contribution is -2.44. The third kappa shape index (κ3) is 7.76. The van der Waals surface area contributed by atoms with Crippen LogP contribution in [0, 0.1) is 5.92 Å². The van der Waals surface area contributed by atoms with E-state index in [1.807, 2.05) is 0 Å². The van der Waals surface area contributed by atoms with Crippen molar-refractivity contribution in [1.82, 2.24) is 24.6 Å². The zero-order chi connectivity index (χ0) is 33.1. The number of hydrogen-bond acceptors (Lipinski definition) is 12. The van der Waals surface area contributed by atoms with Crippen LogP contribution < -0.4 is 20.2 Å². The molecule has 246 valence electrons. The number of ether oxygens (including phenoxy) is 2. The molecule has 0 unspecified atom stereocenters. The minimum Gasteiger partial charge on any atom is -0.462 e. The maximum absolute atomic E-state index is 15.8. The first-order valence-electron chi connectivity index (χ1n) is 14.4. The summed E-state index contributed by atoms with van der Waals surface area (Å²) in [7, 11) is -2.75. The van der Waals surface area contributed by atoms with Gasteiger partial charge in [-0.3, -0.25) is 24.0 Å². The number of nitrogens with zero attached hydrogens (tertiary/aromatic N) is 4. The molecular weight excluding hydrogens is 612 g/mol. The number of alkyl halides is 1. The Hall–Kier alpha value is -3.69. The van der Waals surface area contributed by atoms with Crippen molar-refractivity contribution < 1.29 is 42.2 Å². The predicted octanol–water partition coefficient (Wildman–Crippen LogP) is 3.58. The van der Waals surface area contributed by atoms with Crippen LogP contribution in [0.1, 0.15) is 47.8 Å². The quantitative estimate of drug-likeness (QED) is 0.155. The third-order valence-corrected chi connectivity index (χ3v) is 8.45. The standard InChI is InChI=1S/C28H39FN7O8P/c1-15(2)24(38)34-27-32-22(30-7)20-23(33-27)36(14-31-20)25-19(29)21(37)28(6,43-25)13-41-45(40,44-18-11-9-8-10-12-18)35-17(5)26(39)42-16(3)4/h8-12,14-17,19,21,25,37H,13H2,1-7H3,(H,35,40)(H2,30,32,33,34,38)/t17-,19+,21-,25+,28+,45-/m0/s1. The van der Waals surface area contributed by atoms with Crippen LogP contribution in [0.15, 0.2) is 36.7 Å². The van der Waals surface area contributed by atoms with Crippen LogP contribution in [0.3, 0.4) is 0 Å². The Morgan fingerprint density at radius 2 is 1.87 bits per heavy atom. The molecule has 3 aromatic rings. The predicted molar refractivity (Wildman–Crippen MR) is 162 cm³/mol. The average Bonchev–Trinajstić information content (AvgIpc) is 3.50. The molecular formula is C28H39FN7O8P. The molecule has 0 spiro atoms. The van der Waals surface area contributed by atoms with E-state index in [2.05, 4.69) is 30.7 Å². The minimum absolute atomic E-state index is 0.0393. The molecule has 0 bridgehead atoms. The van der Waals surface area contributed by atoms with Crippen molar-refractivity contribution in [3.8, 4) is 5.75 Å². The SMILES string of the molecule is CNc1nc(NC(=O)C(C)C)nc2c1ncn2[C@@H]1O[C@](C)(CO[P@@](=O)(N[C@@H](C)C(=O)OC(C)C)Oc2ccccc2)[C@@H](O)[C@H]1F. The maximum atomic E-state index is 15.8. The van der Waals surface area contributed by atoms with E-state index >= 15 is 4.39 Å². The lowest BCUT2D eigenvalue weighted by atomic mass is 9.99. The van der Waals surface area contributed by atoms with Crippen molar-refractivity contribution in [2.45, 2.75) is 77.8 Å². The number of carbonyl (C=O) groups is 2. The molecule has 3 heterocycles. The molecule has 1 aromatic carbocycles. The molecule has 1 fully saturated rings. The molecule has 17 heteroatoms. The first-order chi connectivity index (χ1) is 21.2. The van der Waals surface area contributed by atoms with Gasteiger partial charge in [0, 0.05) is 13.0 Å². The number of carbonyl (C=O) groups excluding carboxylic acids is 2. The number of para-hydroxylation sites is 1. The maximum Gasteiger partial charge on any atom is 0.459 e. The van der Waals surface area contributed by atoms with E-state index in [0.717, 1.165) is 0 Å². The number of esters is 1. The smallest absolute Gasteiger partial charge is 0.459 e. The fraction of sp³-hybridized carbons (Fsp3) is 0.536. The number of aromatic nitrogens is 4. The zero-order valence-corrected chi connectivity index (χ0v) is 26.9. The molecule has 4 rings (SSSR count). The van der Waals surface area contributed by atoms with Gasteiger partial charge in [-0.2, -0.15) is 15.1 Å². The summed E-state index contributed by atoms with van der Waals surface area (Å²) in [6.45, 7) is 8.94. The van der Waals surface area contributed by atoms with Crippen molar-refractivity contribution in [1.29, 1.82) is 0 Å². The Morgan fingerprint density at radius 1 is 1.18 bits per heavy atom. The van der Waals surface area contributed by atoms with Gasteiger partial charge in [0.1, 0.15) is 23.5 Å². The molecule has 2 aromatic heterocycles. The van der Waals surface area contributed by atoms with Crippen LogP contribution in [0.5, 0.6) is 5.75 Å². The minimum atomic E-state index is -4.35. The second-order valence-electron chi connectivity index (χ2n) is 11.3. The monoisotopic (exact) mass is 651 g/mol. The lowest BCUT2D eigenvalue weighted by Gasteiger charge is -2.30. The average molecular weight is 652 g/mol. The topological polar surface area (TPSA) is 188 Å². The van der Waals surface area contributed by atoms with Crippen molar-refractivity contribution in [3.05, 3.63) is 36.7 Å². The largest absolute Gasteiger partial charge is 0.462 e. The molecule has 4 N–H and O–H groups in total. The lowest BCUT2D eigenvalue weighted by molar-refractivity contribution is -0.149.